The number of fused-ring (bicyclic) bond motifs is 2. The number of aliphatic hydroxyl groups is 1. The number of aryl methyl sites for hydroxylation is 2. The van der Waals surface area contributed by atoms with E-state index >= 15 is 0 Å². The summed E-state index contributed by atoms with van der Waals surface area (Å²) in [6.07, 6.45) is 1.06. The molecule has 0 saturated carbocycles. The number of anilines is 2. The van der Waals surface area contributed by atoms with Crippen LogP contribution in [0, 0.1) is 4.78 Å². The minimum atomic E-state index is -3.23. The Bertz CT molecular complexity index is 1090. The highest BCUT2D eigenvalue weighted by atomic mass is 35.5. The molecule has 3 aromatic rings. The first kappa shape index (κ1) is 20.9. The van der Waals surface area contributed by atoms with Gasteiger partial charge in [-0.1, -0.05) is 48.0 Å². The van der Waals surface area contributed by atoms with Crippen LogP contribution < -0.4 is 9.62 Å². The molecule has 4 rings (SSSR count). The number of hydrogen-bond acceptors (Lipinski definition) is 4. The molecular formula is C23H24ClN3O2S. The SMILES string of the molecule is N=S(=O)(NCC(O)CN1c2ccccc2CCc2ccccc21)c1ccc(Cl)cc1. The monoisotopic (exact) mass is 441 g/mol. The van der Waals surface area contributed by atoms with Crippen LogP contribution in [0.5, 0.6) is 0 Å². The maximum absolute atomic E-state index is 12.7. The van der Waals surface area contributed by atoms with Gasteiger partial charge in [-0.05, 0) is 60.4 Å². The number of nitrogens with zero attached hydrogens (tertiary/aromatic N) is 1. The van der Waals surface area contributed by atoms with Crippen molar-refractivity contribution >= 4 is 32.9 Å². The lowest BCUT2D eigenvalue weighted by molar-refractivity contribution is 0.187. The van der Waals surface area contributed by atoms with Gasteiger partial charge in [0.2, 0.25) is 0 Å². The predicted molar refractivity (Wildman–Crippen MR) is 122 cm³/mol. The molecule has 0 spiro atoms. The number of nitrogens with one attached hydrogen (secondary N) is 2. The van der Waals surface area contributed by atoms with Gasteiger partial charge in [-0.25, -0.2) is 13.7 Å². The lowest BCUT2D eigenvalue weighted by atomic mass is 10.0. The Morgan fingerprint density at radius 2 is 1.50 bits per heavy atom. The van der Waals surface area contributed by atoms with Crippen LogP contribution >= 0.6 is 11.6 Å². The summed E-state index contributed by atoms with van der Waals surface area (Å²) in [6.45, 7) is 0.364. The van der Waals surface area contributed by atoms with Crippen molar-refractivity contribution in [2.45, 2.75) is 23.8 Å². The van der Waals surface area contributed by atoms with Gasteiger partial charge in [0.25, 0.3) is 0 Å². The topological polar surface area (TPSA) is 76.4 Å². The van der Waals surface area contributed by atoms with Crippen molar-refractivity contribution in [1.29, 1.82) is 4.78 Å². The summed E-state index contributed by atoms with van der Waals surface area (Å²) >= 11 is 5.87. The van der Waals surface area contributed by atoms with Gasteiger partial charge >= 0.3 is 0 Å². The third kappa shape index (κ3) is 4.52. The molecule has 7 heteroatoms. The molecule has 0 amide bonds. The van der Waals surface area contributed by atoms with Crippen LogP contribution in [-0.4, -0.2) is 28.5 Å². The minimum Gasteiger partial charge on any atom is -0.390 e. The zero-order valence-electron chi connectivity index (χ0n) is 16.4. The van der Waals surface area contributed by atoms with E-state index in [0.717, 1.165) is 24.2 Å². The van der Waals surface area contributed by atoms with E-state index in [2.05, 4.69) is 33.9 Å². The highest BCUT2D eigenvalue weighted by molar-refractivity contribution is 7.90. The molecule has 0 aliphatic carbocycles. The Hall–Kier alpha value is -2.38. The molecule has 1 aliphatic heterocycles. The number of aliphatic hydroxyl groups excluding tert-OH is 1. The van der Waals surface area contributed by atoms with Crippen molar-refractivity contribution in [2.75, 3.05) is 18.0 Å². The minimum absolute atomic E-state index is 0.0335. The Morgan fingerprint density at radius 1 is 0.967 bits per heavy atom. The Morgan fingerprint density at radius 3 is 2.07 bits per heavy atom. The Kier molecular flexibility index (Phi) is 6.11. The highest BCUT2D eigenvalue weighted by Gasteiger charge is 2.23. The average molecular weight is 442 g/mol. The quantitative estimate of drug-likeness (QED) is 0.525. The maximum Gasteiger partial charge on any atom is 0.134 e. The molecule has 1 heterocycles. The number of benzene rings is 3. The third-order valence-corrected chi connectivity index (χ3v) is 7.05. The lowest BCUT2D eigenvalue weighted by Gasteiger charge is -2.29. The normalized spacial score (nSPS) is 16.1. The molecule has 156 valence electrons. The van der Waals surface area contributed by atoms with Gasteiger partial charge < -0.3 is 10.0 Å². The fourth-order valence-corrected chi connectivity index (χ4v) is 5.00. The molecule has 2 atom stereocenters. The smallest absolute Gasteiger partial charge is 0.134 e. The molecule has 30 heavy (non-hydrogen) atoms. The van der Waals surface area contributed by atoms with E-state index < -0.39 is 16.0 Å². The lowest BCUT2D eigenvalue weighted by Crippen LogP contribution is -2.38. The molecule has 0 fully saturated rings. The van der Waals surface area contributed by atoms with Gasteiger partial charge in [-0.15, -0.1) is 0 Å². The van der Waals surface area contributed by atoms with Crippen molar-refractivity contribution in [3.05, 3.63) is 88.9 Å². The second kappa shape index (κ2) is 8.78. The molecule has 3 N–H and O–H groups in total. The van der Waals surface area contributed by atoms with E-state index in [9.17, 15) is 9.32 Å². The summed E-state index contributed by atoms with van der Waals surface area (Å²) < 4.78 is 23.6. The number of rotatable bonds is 6. The second-order valence-electron chi connectivity index (χ2n) is 7.38. The Balaban J connectivity index is 1.53. The van der Waals surface area contributed by atoms with Crippen LogP contribution in [0.3, 0.4) is 0 Å². The summed E-state index contributed by atoms with van der Waals surface area (Å²) in [5.74, 6) is 0. The van der Waals surface area contributed by atoms with Crippen LogP contribution in [-0.2, 0) is 22.8 Å². The molecule has 2 unspecified atom stereocenters. The molecule has 5 nitrogen and oxygen atoms in total. The predicted octanol–water partition coefficient (Wildman–Crippen LogP) is 4.55. The van der Waals surface area contributed by atoms with E-state index in [1.807, 2.05) is 24.3 Å². The average Bonchev–Trinajstić information content (AvgIpc) is 2.90. The van der Waals surface area contributed by atoms with E-state index in [1.165, 1.54) is 11.1 Å². The molecule has 0 radical (unpaired) electrons. The highest BCUT2D eigenvalue weighted by Crippen LogP contribution is 2.35. The van der Waals surface area contributed by atoms with Crippen LogP contribution in [0.4, 0.5) is 11.4 Å². The molecule has 3 aromatic carbocycles. The van der Waals surface area contributed by atoms with Crippen LogP contribution in [0.15, 0.2) is 77.7 Å². The standard InChI is InChI=1S/C23H24ClN3O2S/c24-19-11-13-21(14-12-19)30(25,29)26-15-20(28)16-27-22-7-3-1-5-17(22)9-10-18-6-2-4-8-23(18)27/h1-8,11-14,20,28H,9-10,15-16H2,(H2,25,26,29). The van der Waals surface area contributed by atoms with Crippen molar-refractivity contribution in [3.63, 3.8) is 0 Å². The number of hydrogen-bond donors (Lipinski definition) is 3. The van der Waals surface area contributed by atoms with Gasteiger partial charge in [-0.2, -0.15) is 0 Å². The van der Waals surface area contributed by atoms with E-state index in [0.29, 0.717) is 16.5 Å². The molecule has 0 aromatic heterocycles. The first-order valence-electron chi connectivity index (χ1n) is 9.84. The molecule has 1 aliphatic rings. The van der Waals surface area contributed by atoms with Gasteiger partial charge in [0, 0.05) is 22.9 Å². The van der Waals surface area contributed by atoms with Crippen LogP contribution in [0.2, 0.25) is 5.02 Å². The first-order chi connectivity index (χ1) is 14.4. The van der Waals surface area contributed by atoms with Crippen molar-refractivity contribution in [3.8, 4) is 0 Å². The Labute approximate surface area is 182 Å². The summed E-state index contributed by atoms with van der Waals surface area (Å²) in [6, 6.07) is 22.8. The molecule has 0 bridgehead atoms. The van der Waals surface area contributed by atoms with Gasteiger partial charge in [-0.3, -0.25) is 0 Å². The first-order valence-corrected chi connectivity index (χ1v) is 11.8. The van der Waals surface area contributed by atoms with E-state index in [-0.39, 0.29) is 6.54 Å². The van der Waals surface area contributed by atoms with Gasteiger partial charge in [0.15, 0.2) is 0 Å². The summed E-state index contributed by atoms with van der Waals surface area (Å²) in [5.41, 5.74) is 4.62. The summed E-state index contributed by atoms with van der Waals surface area (Å²) in [7, 11) is -3.23. The van der Waals surface area contributed by atoms with Gasteiger partial charge in [0.1, 0.15) is 9.92 Å². The summed E-state index contributed by atoms with van der Waals surface area (Å²) in [5, 5.41) is 11.3. The fraction of sp³-hybridized carbons (Fsp3) is 0.217. The number of halogens is 1. The maximum atomic E-state index is 12.7. The van der Waals surface area contributed by atoms with E-state index in [1.54, 1.807) is 24.3 Å². The van der Waals surface area contributed by atoms with Crippen molar-refractivity contribution < 1.29 is 9.32 Å². The third-order valence-electron chi connectivity index (χ3n) is 5.29. The van der Waals surface area contributed by atoms with Gasteiger partial charge in [0.05, 0.1) is 17.5 Å². The fourth-order valence-electron chi connectivity index (χ4n) is 3.77. The van der Waals surface area contributed by atoms with Crippen LogP contribution in [0.1, 0.15) is 11.1 Å². The molecular weight excluding hydrogens is 418 g/mol. The number of para-hydroxylation sites is 2. The van der Waals surface area contributed by atoms with Crippen molar-refractivity contribution in [2.24, 2.45) is 0 Å². The largest absolute Gasteiger partial charge is 0.390 e. The van der Waals surface area contributed by atoms with Crippen LogP contribution in [0.25, 0.3) is 0 Å². The zero-order valence-corrected chi connectivity index (χ0v) is 18.0. The molecule has 0 saturated heterocycles. The zero-order chi connectivity index (χ0) is 21.1. The van der Waals surface area contributed by atoms with E-state index in [4.69, 9.17) is 16.4 Å². The summed E-state index contributed by atoms with van der Waals surface area (Å²) in [4.78, 5) is 2.46. The van der Waals surface area contributed by atoms with Crippen molar-refractivity contribution in [1.82, 2.24) is 4.72 Å². The number of β-amino-alcohol motifs (C(OH)–C–C–N with tert-alkyl or cyclic N) is 1. The second-order valence-corrected chi connectivity index (χ2v) is 9.69.